The molecule has 5 nitrogen and oxygen atoms in total. The molecular weight excluding hydrogens is 417 g/mol. The van der Waals surface area contributed by atoms with Crippen LogP contribution in [0.1, 0.15) is 67.3 Å². The highest BCUT2D eigenvalue weighted by Crippen LogP contribution is 2.41. The maximum Gasteiger partial charge on any atom is 0.251 e. The van der Waals surface area contributed by atoms with Gasteiger partial charge in [-0.15, -0.1) is 0 Å². The summed E-state index contributed by atoms with van der Waals surface area (Å²) < 4.78 is 15.6. The zero-order chi connectivity index (χ0) is 23.8. The highest BCUT2D eigenvalue weighted by atomic mass is 19.1. The highest BCUT2D eigenvalue weighted by Gasteiger charge is 2.36. The van der Waals surface area contributed by atoms with E-state index < -0.39 is 5.60 Å². The molecule has 33 heavy (non-hydrogen) atoms. The molecule has 0 fully saturated rings. The Kier molecular flexibility index (Phi) is 5.85. The molecule has 0 saturated carbocycles. The Balaban J connectivity index is 1.62. The molecule has 3 aromatic rings. The Labute approximate surface area is 193 Å². The number of fused-ring (bicyclic) bond motifs is 1. The van der Waals surface area contributed by atoms with Crippen molar-refractivity contribution in [3.05, 3.63) is 82.9 Å². The van der Waals surface area contributed by atoms with Gasteiger partial charge >= 0.3 is 0 Å². The summed E-state index contributed by atoms with van der Waals surface area (Å²) in [6.07, 6.45) is 3.30. The van der Waals surface area contributed by atoms with Crippen LogP contribution in [0.4, 0.5) is 4.39 Å². The van der Waals surface area contributed by atoms with E-state index in [-0.39, 0.29) is 23.2 Å². The Morgan fingerprint density at radius 2 is 2.00 bits per heavy atom. The summed E-state index contributed by atoms with van der Waals surface area (Å²) in [5.74, 6) is 5.17. The van der Waals surface area contributed by atoms with Gasteiger partial charge in [-0.05, 0) is 68.5 Å². The van der Waals surface area contributed by atoms with E-state index in [2.05, 4.69) is 36.1 Å². The molecule has 0 radical (unpaired) electrons. The van der Waals surface area contributed by atoms with Gasteiger partial charge in [-0.1, -0.05) is 37.8 Å². The normalized spacial score (nSPS) is 17.0. The smallest absolute Gasteiger partial charge is 0.251 e. The van der Waals surface area contributed by atoms with Crippen molar-refractivity contribution in [1.82, 2.24) is 15.1 Å². The number of carbonyl (C=O) groups excluding carboxylic acids is 1. The van der Waals surface area contributed by atoms with Crippen molar-refractivity contribution >= 4 is 5.91 Å². The predicted octanol–water partition coefficient (Wildman–Crippen LogP) is 4.58. The summed E-state index contributed by atoms with van der Waals surface area (Å²) in [6.45, 7) is 7.54. The van der Waals surface area contributed by atoms with Crippen LogP contribution in [0.15, 0.2) is 54.7 Å². The van der Waals surface area contributed by atoms with Crippen LogP contribution in [-0.2, 0) is 6.42 Å². The van der Waals surface area contributed by atoms with Crippen molar-refractivity contribution in [1.29, 1.82) is 0 Å². The van der Waals surface area contributed by atoms with Crippen LogP contribution in [0.3, 0.4) is 0 Å². The summed E-state index contributed by atoms with van der Waals surface area (Å²) in [7, 11) is 0. The Morgan fingerprint density at radius 1 is 1.24 bits per heavy atom. The second-order valence-corrected chi connectivity index (χ2v) is 9.90. The molecule has 0 spiro atoms. The number of aliphatic hydroxyl groups is 1. The van der Waals surface area contributed by atoms with Gasteiger partial charge in [-0.3, -0.25) is 4.79 Å². The third-order valence-corrected chi connectivity index (χ3v) is 5.67. The first-order valence-corrected chi connectivity index (χ1v) is 11.0. The van der Waals surface area contributed by atoms with Crippen molar-refractivity contribution in [2.75, 3.05) is 0 Å². The summed E-state index contributed by atoms with van der Waals surface area (Å²) in [6, 6.07) is 13.2. The van der Waals surface area contributed by atoms with Crippen LogP contribution in [0.2, 0.25) is 0 Å². The number of nitrogens with one attached hydrogen (secondary N) is 1. The zero-order valence-corrected chi connectivity index (χ0v) is 19.3. The summed E-state index contributed by atoms with van der Waals surface area (Å²) >= 11 is 0. The molecule has 1 heterocycles. The maximum atomic E-state index is 13.8. The molecule has 2 N–H and O–H groups in total. The second-order valence-electron chi connectivity index (χ2n) is 9.90. The molecule has 1 aliphatic rings. The van der Waals surface area contributed by atoms with E-state index in [1.165, 1.54) is 12.1 Å². The summed E-state index contributed by atoms with van der Waals surface area (Å²) in [5.41, 5.74) is 2.57. The van der Waals surface area contributed by atoms with Crippen molar-refractivity contribution in [2.24, 2.45) is 5.41 Å². The highest BCUT2D eigenvalue weighted by molar-refractivity contribution is 5.94. The van der Waals surface area contributed by atoms with E-state index >= 15 is 0 Å². The minimum absolute atomic E-state index is 0.0733. The lowest BCUT2D eigenvalue weighted by Gasteiger charge is -2.36. The third kappa shape index (κ3) is 5.32. The van der Waals surface area contributed by atoms with E-state index in [0.29, 0.717) is 16.8 Å². The molecule has 0 aliphatic heterocycles. The lowest BCUT2D eigenvalue weighted by atomic mass is 9.74. The molecule has 2 aromatic carbocycles. The van der Waals surface area contributed by atoms with Gasteiger partial charge in [0.1, 0.15) is 11.4 Å². The molecule has 1 aliphatic carbocycles. The van der Waals surface area contributed by atoms with Crippen LogP contribution in [0.25, 0.3) is 5.69 Å². The number of aromatic nitrogens is 2. The molecule has 6 heteroatoms. The number of carbonyl (C=O) groups is 1. The van der Waals surface area contributed by atoms with Gasteiger partial charge in [0, 0.05) is 16.7 Å². The number of halogens is 1. The first-order valence-electron chi connectivity index (χ1n) is 11.0. The van der Waals surface area contributed by atoms with Gasteiger partial charge in [-0.25, -0.2) is 9.07 Å². The minimum Gasteiger partial charge on any atom is -0.378 e. The third-order valence-electron chi connectivity index (χ3n) is 5.67. The molecule has 0 saturated heterocycles. The number of hydrogen-bond acceptors (Lipinski definition) is 3. The summed E-state index contributed by atoms with van der Waals surface area (Å²) in [4.78, 5) is 13.1. The number of amides is 1. The Hall–Kier alpha value is -3.43. The molecule has 1 atom stereocenters. The quantitative estimate of drug-likeness (QED) is 0.580. The molecule has 1 amide bonds. The molecule has 0 unspecified atom stereocenters. The van der Waals surface area contributed by atoms with E-state index in [1.54, 1.807) is 55.1 Å². The van der Waals surface area contributed by atoms with Gasteiger partial charge in [0.2, 0.25) is 0 Å². The second kappa shape index (κ2) is 8.49. The molecule has 170 valence electrons. The van der Waals surface area contributed by atoms with E-state index in [0.717, 1.165) is 24.1 Å². The fraction of sp³-hybridized carbons (Fsp3) is 0.333. The van der Waals surface area contributed by atoms with Gasteiger partial charge in [0.25, 0.3) is 5.91 Å². The average molecular weight is 446 g/mol. The largest absolute Gasteiger partial charge is 0.378 e. The van der Waals surface area contributed by atoms with Crippen molar-refractivity contribution in [3.63, 3.8) is 0 Å². The van der Waals surface area contributed by atoms with E-state index in [1.807, 2.05) is 6.07 Å². The minimum atomic E-state index is -1.11. The van der Waals surface area contributed by atoms with Crippen LogP contribution in [-0.4, -0.2) is 26.4 Å². The van der Waals surface area contributed by atoms with Crippen LogP contribution < -0.4 is 5.32 Å². The number of hydrogen-bond donors (Lipinski definition) is 2. The van der Waals surface area contributed by atoms with Gasteiger partial charge in [0.05, 0.1) is 23.6 Å². The van der Waals surface area contributed by atoms with E-state index in [4.69, 9.17) is 0 Å². The van der Waals surface area contributed by atoms with Crippen molar-refractivity contribution in [3.8, 4) is 17.5 Å². The van der Waals surface area contributed by atoms with Gasteiger partial charge in [-0.2, -0.15) is 5.10 Å². The Bertz CT molecular complexity index is 1260. The summed E-state index contributed by atoms with van der Waals surface area (Å²) in [5, 5.41) is 17.5. The predicted molar refractivity (Wildman–Crippen MR) is 125 cm³/mol. The van der Waals surface area contributed by atoms with Crippen molar-refractivity contribution in [2.45, 2.75) is 52.2 Å². The average Bonchev–Trinajstić information content (AvgIpc) is 3.14. The maximum absolute atomic E-state index is 13.8. The first kappa shape index (κ1) is 22.8. The topological polar surface area (TPSA) is 67.2 Å². The molecular formula is C27H28FN3O2. The SMILES string of the molecule is CC(C)(O)C#Cc1cccc(C(=O)N[C@H]2CC(C)(C)Cc3c2cnn3-c2cccc(F)c2)c1. The lowest BCUT2D eigenvalue weighted by molar-refractivity contribution is 0.0919. The fourth-order valence-corrected chi connectivity index (χ4v) is 4.21. The number of rotatable bonds is 3. The van der Waals surface area contributed by atoms with Crippen molar-refractivity contribution < 1.29 is 14.3 Å². The van der Waals surface area contributed by atoms with E-state index in [9.17, 15) is 14.3 Å². The van der Waals surface area contributed by atoms with Crippen LogP contribution in [0, 0.1) is 23.1 Å². The number of benzene rings is 2. The first-order chi connectivity index (χ1) is 15.5. The Morgan fingerprint density at radius 3 is 2.73 bits per heavy atom. The van der Waals surface area contributed by atoms with Crippen LogP contribution >= 0.6 is 0 Å². The molecule has 0 bridgehead atoms. The standard InChI is InChI=1S/C27H28FN3O2/c1-26(2)15-23(22-17-29-31(24(22)16-26)21-10-6-9-20(28)14-21)30-25(32)19-8-5-7-18(13-19)11-12-27(3,4)33/h5-10,13-14,17,23,33H,15-16H2,1-4H3,(H,30,32)/t23-/m0/s1. The zero-order valence-electron chi connectivity index (χ0n) is 19.3. The molecule has 4 rings (SSSR count). The number of nitrogens with zero attached hydrogens (tertiary/aromatic N) is 2. The van der Waals surface area contributed by atoms with Gasteiger partial charge < -0.3 is 10.4 Å². The molecule has 1 aromatic heterocycles. The fourth-order valence-electron chi connectivity index (χ4n) is 4.21. The van der Waals surface area contributed by atoms with Gasteiger partial charge in [0.15, 0.2) is 0 Å². The monoisotopic (exact) mass is 445 g/mol. The van der Waals surface area contributed by atoms with Crippen LogP contribution in [0.5, 0.6) is 0 Å². The lowest BCUT2D eigenvalue weighted by Crippen LogP contribution is -2.36.